The Kier molecular flexibility index (Phi) is 3.96. The van der Waals surface area contributed by atoms with Crippen LogP contribution in [0.2, 0.25) is 0 Å². The molecule has 1 unspecified atom stereocenters. The van der Waals surface area contributed by atoms with E-state index in [9.17, 15) is 20.0 Å². The Balaban J connectivity index is 2.45. The monoisotopic (exact) mass is 356 g/mol. The average molecular weight is 356 g/mol. The number of benzene rings is 1. The van der Waals surface area contributed by atoms with Gasteiger partial charge in [0, 0.05) is 25.7 Å². The van der Waals surface area contributed by atoms with Gasteiger partial charge < -0.3 is 20.3 Å². The van der Waals surface area contributed by atoms with Crippen LogP contribution in [0.1, 0.15) is 17.0 Å². The van der Waals surface area contributed by atoms with Gasteiger partial charge in [-0.05, 0) is 6.07 Å². The molecule has 9 heteroatoms. The normalized spacial score (nSPS) is 15.8. The van der Waals surface area contributed by atoms with Gasteiger partial charge in [-0.15, -0.1) is 0 Å². The van der Waals surface area contributed by atoms with E-state index in [4.69, 9.17) is 15.2 Å². The molecular weight excluding hydrogens is 340 g/mol. The molecule has 0 saturated heterocycles. The predicted octanol–water partition coefficient (Wildman–Crippen LogP) is 0.0164. The largest absolute Gasteiger partial charge is 0.508 e. The van der Waals surface area contributed by atoms with Crippen molar-refractivity contribution in [1.82, 2.24) is 9.13 Å². The van der Waals surface area contributed by atoms with Gasteiger partial charge in [-0.2, -0.15) is 5.26 Å². The number of aromatic hydroxyl groups is 1. The van der Waals surface area contributed by atoms with Crippen LogP contribution >= 0.6 is 0 Å². The number of hydrogen-bond donors (Lipinski definition) is 2. The van der Waals surface area contributed by atoms with Crippen molar-refractivity contribution in [3.05, 3.63) is 61.6 Å². The van der Waals surface area contributed by atoms with Crippen LogP contribution < -0.4 is 26.5 Å². The lowest BCUT2D eigenvalue weighted by Gasteiger charge is -2.28. The molecule has 1 atom stereocenters. The van der Waals surface area contributed by atoms with Crippen molar-refractivity contribution in [2.45, 2.75) is 5.92 Å². The van der Waals surface area contributed by atoms with E-state index in [0.717, 1.165) is 9.13 Å². The summed E-state index contributed by atoms with van der Waals surface area (Å²) in [4.78, 5) is 25.0. The lowest BCUT2D eigenvalue weighted by Crippen LogP contribution is -2.42. The first-order valence-corrected chi connectivity index (χ1v) is 7.56. The highest BCUT2D eigenvalue weighted by Gasteiger charge is 2.37. The van der Waals surface area contributed by atoms with Crippen LogP contribution in [0.25, 0.3) is 0 Å². The third kappa shape index (κ3) is 2.31. The summed E-state index contributed by atoms with van der Waals surface area (Å²) in [7, 11) is 4.18. The van der Waals surface area contributed by atoms with Crippen LogP contribution in [0, 0.1) is 11.3 Å². The fourth-order valence-electron chi connectivity index (χ4n) is 3.04. The molecule has 0 aliphatic carbocycles. The molecule has 9 nitrogen and oxygen atoms in total. The van der Waals surface area contributed by atoms with E-state index in [2.05, 4.69) is 0 Å². The Labute approximate surface area is 147 Å². The summed E-state index contributed by atoms with van der Waals surface area (Å²) >= 11 is 0. The zero-order valence-electron chi connectivity index (χ0n) is 14.3. The summed E-state index contributed by atoms with van der Waals surface area (Å²) in [6.45, 7) is 0. The zero-order valence-corrected chi connectivity index (χ0v) is 14.3. The molecule has 0 saturated carbocycles. The van der Waals surface area contributed by atoms with E-state index in [0.29, 0.717) is 5.56 Å². The topological polar surface area (TPSA) is 132 Å². The predicted molar refractivity (Wildman–Crippen MR) is 90.9 cm³/mol. The van der Waals surface area contributed by atoms with E-state index in [1.807, 2.05) is 6.07 Å². The third-order valence-corrected chi connectivity index (χ3v) is 4.34. The Hall–Kier alpha value is -3.67. The fourth-order valence-corrected chi connectivity index (χ4v) is 3.04. The van der Waals surface area contributed by atoms with Crippen molar-refractivity contribution in [2.75, 3.05) is 7.11 Å². The second-order valence-electron chi connectivity index (χ2n) is 5.78. The van der Waals surface area contributed by atoms with Gasteiger partial charge in [0.25, 0.3) is 5.56 Å². The number of aromatic nitrogens is 2. The summed E-state index contributed by atoms with van der Waals surface area (Å²) in [5.74, 6) is -0.927. The molecule has 1 aliphatic heterocycles. The SMILES string of the molecule is COc1cc(O)ccc1C1C(C#N)=C(N)Oc2c1c(=O)n(C)c(=O)n2C. The smallest absolute Gasteiger partial charge is 0.333 e. The fraction of sp³-hybridized carbons (Fsp3) is 0.235. The number of phenolic OH excluding ortho intramolecular Hbond substituents is 1. The highest BCUT2D eigenvalue weighted by molar-refractivity contribution is 5.57. The standard InChI is InChI=1S/C17H16N4O5/c1-20-15(23)13-12(9-5-4-8(22)6-11(9)25-3)10(7-18)14(19)26-16(13)21(2)17(20)24/h4-6,12,22H,19H2,1-3H3. The van der Waals surface area contributed by atoms with Gasteiger partial charge in [-0.1, -0.05) is 6.07 Å². The molecule has 134 valence electrons. The maximum atomic E-state index is 12.8. The molecule has 0 bridgehead atoms. The van der Waals surface area contributed by atoms with E-state index in [1.54, 1.807) is 0 Å². The molecule has 3 rings (SSSR count). The Morgan fingerprint density at radius 1 is 1.31 bits per heavy atom. The molecule has 0 fully saturated rings. The first-order chi connectivity index (χ1) is 12.3. The van der Waals surface area contributed by atoms with Gasteiger partial charge in [-0.3, -0.25) is 13.9 Å². The van der Waals surface area contributed by atoms with Crippen molar-refractivity contribution in [1.29, 1.82) is 5.26 Å². The van der Waals surface area contributed by atoms with E-state index >= 15 is 0 Å². The van der Waals surface area contributed by atoms with Gasteiger partial charge in [0.1, 0.15) is 23.1 Å². The average Bonchev–Trinajstić information content (AvgIpc) is 2.63. The second-order valence-corrected chi connectivity index (χ2v) is 5.78. The van der Waals surface area contributed by atoms with Crippen LogP contribution in [-0.4, -0.2) is 21.4 Å². The molecule has 26 heavy (non-hydrogen) atoms. The lowest BCUT2D eigenvalue weighted by molar-refractivity contribution is 0.346. The van der Waals surface area contributed by atoms with E-state index in [-0.39, 0.29) is 34.4 Å². The number of fused-ring (bicyclic) bond motifs is 1. The molecular formula is C17H16N4O5. The van der Waals surface area contributed by atoms with Crippen LogP contribution in [0.15, 0.2) is 39.2 Å². The number of nitriles is 1. The summed E-state index contributed by atoms with van der Waals surface area (Å²) < 4.78 is 12.8. The first-order valence-electron chi connectivity index (χ1n) is 7.56. The highest BCUT2D eigenvalue weighted by atomic mass is 16.5. The minimum Gasteiger partial charge on any atom is -0.508 e. The highest BCUT2D eigenvalue weighted by Crippen LogP contribution is 2.43. The molecule has 1 aromatic carbocycles. The number of nitrogens with zero attached hydrogens (tertiary/aromatic N) is 3. The third-order valence-electron chi connectivity index (χ3n) is 4.34. The van der Waals surface area contributed by atoms with Gasteiger partial charge in [0.15, 0.2) is 0 Å². The number of rotatable bonds is 2. The Morgan fingerprint density at radius 3 is 2.62 bits per heavy atom. The van der Waals surface area contributed by atoms with E-state index < -0.39 is 17.2 Å². The van der Waals surface area contributed by atoms with Gasteiger partial charge in [0.2, 0.25) is 11.8 Å². The molecule has 3 N–H and O–H groups in total. The van der Waals surface area contributed by atoms with E-state index in [1.165, 1.54) is 39.4 Å². The Bertz CT molecular complexity index is 1100. The summed E-state index contributed by atoms with van der Waals surface area (Å²) in [6, 6.07) is 6.27. The minimum absolute atomic E-state index is 0.0113. The number of methoxy groups -OCH3 is 1. The lowest BCUT2D eigenvalue weighted by atomic mass is 9.84. The molecule has 0 amide bonds. The maximum Gasteiger partial charge on any atom is 0.333 e. The van der Waals surface area contributed by atoms with Gasteiger partial charge in [-0.25, -0.2) is 4.79 Å². The van der Waals surface area contributed by atoms with Gasteiger partial charge >= 0.3 is 5.69 Å². The molecule has 1 aromatic heterocycles. The number of nitrogens with two attached hydrogens (primary N) is 1. The molecule has 1 aliphatic rings. The minimum atomic E-state index is -0.912. The quantitative estimate of drug-likeness (QED) is 0.775. The molecule has 2 aromatic rings. The number of hydrogen-bond acceptors (Lipinski definition) is 7. The summed E-state index contributed by atoms with van der Waals surface area (Å²) in [6.07, 6.45) is 0. The number of ether oxygens (including phenoxy) is 2. The van der Waals surface area contributed by atoms with Crippen molar-refractivity contribution in [3.63, 3.8) is 0 Å². The number of allylic oxidation sites excluding steroid dienone is 1. The van der Waals surface area contributed by atoms with Crippen molar-refractivity contribution in [2.24, 2.45) is 19.8 Å². The molecule has 0 radical (unpaired) electrons. The second kappa shape index (κ2) is 6.00. The maximum absolute atomic E-state index is 12.8. The number of phenols is 1. The molecule has 2 heterocycles. The Morgan fingerprint density at radius 2 is 2.00 bits per heavy atom. The summed E-state index contributed by atoms with van der Waals surface area (Å²) in [5.41, 5.74) is 5.22. The van der Waals surface area contributed by atoms with Crippen LogP contribution in [0.3, 0.4) is 0 Å². The van der Waals surface area contributed by atoms with Crippen molar-refractivity contribution in [3.8, 4) is 23.4 Å². The van der Waals surface area contributed by atoms with Gasteiger partial charge in [0.05, 0.1) is 18.6 Å². The van der Waals surface area contributed by atoms with Crippen LogP contribution in [-0.2, 0) is 14.1 Å². The molecule has 0 spiro atoms. The summed E-state index contributed by atoms with van der Waals surface area (Å²) in [5, 5.41) is 19.3. The van der Waals surface area contributed by atoms with Crippen LogP contribution in [0.4, 0.5) is 0 Å². The zero-order chi connectivity index (χ0) is 19.2. The first kappa shape index (κ1) is 17.2. The van der Waals surface area contributed by atoms with Crippen LogP contribution in [0.5, 0.6) is 17.4 Å². The van der Waals surface area contributed by atoms with Crippen molar-refractivity contribution >= 4 is 0 Å². The van der Waals surface area contributed by atoms with Crippen molar-refractivity contribution < 1.29 is 14.6 Å².